The van der Waals surface area contributed by atoms with Crippen molar-refractivity contribution in [3.63, 3.8) is 0 Å². The second-order valence-electron chi connectivity index (χ2n) is 5.76. The molecule has 2 fully saturated rings. The largest absolute Gasteiger partial charge is 0.313 e. The molecule has 5 heteroatoms. The monoisotopic (exact) mass is 246 g/mol. The van der Waals surface area contributed by atoms with E-state index in [1.807, 2.05) is 0 Å². The van der Waals surface area contributed by atoms with Gasteiger partial charge in [-0.25, -0.2) is 8.42 Å². The van der Waals surface area contributed by atoms with Crippen molar-refractivity contribution >= 4 is 9.84 Å². The van der Waals surface area contributed by atoms with Crippen LogP contribution in [-0.2, 0) is 9.84 Å². The molecule has 0 aromatic heterocycles. The van der Waals surface area contributed by atoms with Gasteiger partial charge in [-0.3, -0.25) is 4.90 Å². The Bertz CT molecular complexity index is 364. The Morgan fingerprint density at radius 3 is 2.56 bits per heavy atom. The summed E-state index contributed by atoms with van der Waals surface area (Å²) in [5.74, 6) is 0.713. The van der Waals surface area contributed by atoms with Gasteiger partial charge in [-0.2, -0.15) is 0 Å². The summed E-state index contributed by atoms with van der Waals surface area (Å²) in [6.07, 6.45) is 0.802. The van der Waals surface area contributed by atoms with Crippen molar-refractivity contribution in [3.8, 4) is 0 Å². The quantitative estimate of drug-likeness (QED) is 0.720. The average molecular weight is 246 g/mol. The van der Waals surface area contributed by atoms with Crippen LogP contribution in [0.4, 0.5) is 0 Å². The lowest BCUT2D eigenvalue weighted by Gasteiger charge is -2.50. The maximum atomic E-state index is 11.6. The molecule has 0 aromatic rings. The predicted octanol–water partition coefficient (Wildman–Crippen LogP) is 0.246. The normalized spacial score (nSPS) is 38.7. The molecule has 1 N–H and O–H groups in total. The van der Waals surface area contributed by atoms with Crippen molar-refractivity contribution in [2.75, 3.05) is 24.6 Å². The van der Waals surface area contributed by atoms with Gasteiger partial charge in [0.1, 0.15) is 0 Å². The van der Waals surface area contributed by atoms with Gasteiger partial charge in [0.15, 0.2) is 9.84 Å². The van der Waals surface area contributed by atoms with E-state index in [1.165, 1.54) is 0 Å². The van der Waals surface area contributed by atoms with E-state index in [4.69, 9.17) is 0 Å². The van der Waals surface area contributed by atoms with Crippen molar-refractivity contribution < 1.29 is 8.42 Å². The maximum absolute atomic E-state index is 11.6. The SMILES string of the molecule is CC1CNCC(C)(C)N1C1CCS(=O)(=O)C1. The molecule has 0 amide bonds. The summed E-state index contributed by atoms with van der Waals surface area (Å²) in [5, 5.41) is 3.41. The van der Waals surface area contributed by atoms with Crippen molar-refractivity contribution in [2.45, 2.75) is 44.8 Å². The molecule has 0 aliphatic carbocycles. The third-order valence-corrected chi connectivity index (χ3v) is 5.52. The molecule has 0 spiro atoms. The Hall–Kier alpha value is -0.130. The highest BCUT2D eigenvalue weighted by atomic mass is 32.2. The first-order chi connectivity index (χ1) is 7.32. The summed E-state index contributed by atoms with van der Waals surface area (Å²) in [5.41, 5.74) is 0.0577. The fourth-order valence-corrected chi connectivity index (χ4v) is 4.93. The van der Waals surface area contributed by atoms with Crippen LogP contribution in [-0.4, -0.2) is 55.5 Å². The number of hydrogen-bond donors (Lipinski definition) is 1. The Morgan fingerprint density at radius 1 is 1.38 bits per heavy atom. The van der Waals surface area contributed by atoms with E-state index < -0.39 is 9.84 Å². The molecule has 2 heterocycles. The first kappa shape index (κ1) is 12.3. The molecule has 0 bridgehead atoms. The molecule has 2 rings (SSSR count). The van der Waals surface area contributed by atoms with Gasteiger partial charge in [-0.05, 0) is 27.2 Å². The second-order valence-corrected chi connectivity index (χ2v) is 7.99. The minimum absolute atomic E-state index is 0.0577. The van der Waals surface area contributed by atoms with Crippen LogP contribution in [0.5, 0.6) is 0 Å². The first-order valence-electron chi connectivity index (χ1n) is 6.01. The highest BCUT2D eigenvalue weighted by Crippen LogP contribution is 2.29. The standard InChI is InChI=1S/C11H22N2O2S/c1-9-6-12-8-11(2,3)13(9)10-4-5-16(14,15)7-10/h9-10,12H,4-8H2,1-3H3. The number of nitrogens with zero attached hydrogens (tertiary/aromatic N) is 1. The van der Waals surface area contributed by atoms with E-state index >= 15 is 0 Å². The fourth-order valence-electron chi connectivity index (χ4n) is 3.22. The van der Waals surface area contributed by atoms with Gasteiger partial charge in [-0.15, -0.1) is 0 Å². The molecule has 2 saturated heterocycles. The average Bonchev–Trinajstić information content (AvgIpc) is 2.44. The highest BCUT2D eigenvalue weighted by Gasteiger charge is 2.42. The lowest BCUT2D eigenvalue weighted by molar-refractivity contribution is 0.0129. The zero-order chi connectivity index (χ0) is 12.0. The number of sulfone groups is 1. The molecule has 16 heavy (non-hydrogen) atoms. The lowest BCUT2D eigenvalue weighted by atomic mass is 9.94. The lowest BCUT2D eigenvalue weighted by Crippen LogP contribution is -2.65. The number of rotatable bonds is 1. The van der Waals surface area contributed by atoms with Gasteiger partial charge < -0.3 is 5.32 Å². The van der Waals surface area contributed by atoms with Crippen LogP contribution >= 0.6 is 0 Å². The van der Waals surface area contributed by atoms with E-state index in [0.717, 1.165) is 19.5 Å². The van der Waals surface area contributed by atoms with E-state index in [-0.39, 0.29) is 11.6 Å². The Balaban J connectivity index is 2.18. The fraction of sp³-hybridized carbons (Fsp3) is 1.00. The minimum Gasteiger partial charge on any atom is -0.313 e. The molecule has 0 saturated carbocycles. The zero-order valence-electron chi connectivity index (χ0n) is 10.4. The van der Waals surface area contributed by atoms with Crippen LogP contribution in [0, 0.1) is 0 Å². The van der Waals surface area contributed by atoms with Crippen molar-refractivity contribution in [1.82, 2.24) is 10.2 Å². The van der Waals surface area contributed by atoms with E-state index in [9.17, 15) is 8.42 Å². The molecule has 2 aliphatic heterocycles. The zero-order valence-corrected chi connectivity index (χ0v) is 11.2. The maximum Gasteiger partial charge on any atom is 0.151 e. The summed E-state index contributed by atoms with van der Waals surface area (Å²) >= 11 is 0. The van der Waals surface area contributed by atoms with Crippen molar-refractivity contribution in [1.29, 1.82) is 0 Å². The van der Waals surface area contributed by atoms with Crippen LogP contribution in [0.25, 0.3) is 0 Å². The minimum atomic E-state index is -2.78. The van der Waals surface area contributed by atoms with E-state index in [2.05, 4.69) is 31.0 Å². The third-order valence-electron chi connectivity index (χ3n) is 3.77. The summed E-state index contributed by atoms with van der Waals surface area (Å²) in [6.45, 7) is 8.47. The van der Waals surface area contributed by atoms with Crippen LogP contribution in [0.3, 0.4) is 0 Å². The Kier molecular flexibility index (Phi) is 3.05. The molecule has 94 valence electrons. The second kappa shape index (κ2) is 3.96. The van der Waals surface area contributed by atoms with Gasteiger partial charge in [-0.1, -0.05) is 0 Å². The van der Waals surface area contributed by atoms with Crippen LogP contribution in [0.2, 0.25) is 0 Å². The summed E-state index contributed by atoms with van der Waals surface area (Å²) in [4.78, 5) is 2.41. The highest BCUT2D eigenvalue weighted by molar-refractivity contribution is 7.91. The molecule has 4 nitrogen and oxygen atoms in total. The molecular formula is C11H22N2O2S. The summed E-state index contributed by atoms with van der Waals surface area (Å²) in [6, 6.07) is 0.638. The summed E-state index contributed by atoms with van der Waals surface area (Å²) in [7, 11) is -2.78. The molecule has 0 aromatic carbocycles. The molecular weight excluding hydrogens is 224 g/mol. The van der Waals surface area contributed by atoms with Crippen molar-refractivity contribution in [2.24, 2.45) is 0 Å². The number of hydrogen-bond acceptors (Lipinski definition) is 4. The van der Waals surface area contributed by atoms with E-state index in [1.54, 1.807) is 0 Å². The van der Waals surface area contributed by atoms with Gasteiger partial charge in [0.2, 0.25) is 0 Å². The van der Waals surface area contributed by atoms with Gasteiger partial charge >= 0.3 is 0 Å². The molecule has 2 aliphatic rings. The Morgan fingerprint density at radius 2 is 2.06 bits per heavy atom. The van der Waals surface area contributed by atoms with Gasteiger partial charge in [0, 0.05) is 30.7 Å². The molecule has 2 atom stereocenters. The van der Waals surface area contributed by atoms with Crippen LogP contribution in [0.1, 0.15) is 27.2 Å². The topological polar surface area (TPSA) is 49.4 Å². The number of piperazine rings is 1. The number of nitrogens with one attached hydrogen (secondary N) is 1. The van der Waals surface area contributed by atoms with Crippen molar-refractivity contribution in [3.05, 3.63) is 0 Å². The van der Waals surface area contributed by atoms with Gasteiger partial charge in [0.25, 0.3) is 0 Å². The summed E-state index contributed by atoms with van der Waals surface area (Å²) < 4.78 is 23.1. The molecule has 2 unspecified atom stereocenters. The molecule has 0 radical (unpaired) electrons. The van der Waals surface area contributed by atoms with E-state index in [0.29, 0.717) is 17.5 Å². The first-order valence-corrected chi connectivity index (χ1v) is 7.83. The van der Waals surface area contributed by atoms with Gasteiger partial charge in [0.05, 0.1) is 11.5 Å². The predicted molar refractivity (Wildman–Crippen MR) is 65.3 cm³/mol. The third kappa shape index (κ3) is 2.26. The smallest absolute Gasteiger partial charge is 0.151 e. The van der Waals surface area contributed by atoms with Crippen LogP contribution < -0.4 is 5.32 Å². The van der Waals surface area contributed by atoms with Crippen LogP contribution in [0.15, 0.2) is 0 Å². The Labute approximate surface area is 98.3 Å².